The molecule has 2 saturated heterocycles. The van der Waals surface area contributed by atoms with Crippen molar-refractivity contribution in [2.24, 2.45) is 11.8 Å². The third-order valence-electron chi connectivity index (χ3n) is 4.69. The Bertz CT molecular complexity index is 653. The van der Waals surface area contributed by atoms with Crippen LogP contribution in [0.2, 0.25) is 0 Å². The van der Waals surface area contributed by atoms with E-state index >= 15 is 0 Å². The topological polar surface area (TPSA) is 45.5 Å². The van der Waals surface area contributed by atoms with Gasteiger partial charge in [-0.15, -0.1) is 0 Å². The van der Waals surface area contributed by atoms with E-state index in [9.17, 15) is 4.79 Å². The Morgan fingerprint density at radius 2 is 1.82 bits per heavy atom. The molecular formula is C18H20N2O2. The lowest BCUT2D eigenvalue weighted by Gasteiger charge is -2.41. The van der Waals surface area contributed by atoms with Crippen LogP contribution in [0.1, 0.15) is 17.0 Å². The highest BCUT2D eigenvalue weighted by molar-refractivity contribution is 5.93. The molecule has 1 aromatic heterocycles. The van der Waals surface area contributed by atoms with Crippen LogP contribution in [-0.2, 0) is 0 Å². The minimum Gasteiger partial charge on any atom is -0.459 e. The van der Waals surface area contributed by atoms with E-state index in [1.165, 1.54) is 6.42 Å². The second-order valence-corrected chi connectivity index (χ2v) is 6.40. The molecule has 4 nitrogen and oxygen atoms in total. The van der Waals surface area contributed by atoms with Crippen molar-refractivity contribution in [1.82, 2.24) is 10.2 Å². The molecule has 1 amide bonds. The van der Waals surface area contributed by atoms with Gasteiger partial charge in [-0.05, 0) is 43.0 Å². The van der Waals surface area contributed by atoms with Crippen LogP contribution in [0.3, 0.4) is 0 Å². The molecule has 2 fully saturated rings. The maximum atomic E-state index is 12.7. The number of likely N-dealkylation sites (tertiary alicyclic amines) is 1. The zero-order chi connectivity index (χ0) is 14.9. The van der Waals surface area contributed by atoms with Gasteiger partial charge in [0.05, 0.1) is 6.26 Å². The molecule has 4 heteroatoms. The molecule has 22 heavy (non-hydrogen) atoms. The summed E-state index contributed by atoms with van der Waals surface area (Å²) in [5.41, 5.74) is 2.04. The van der Waals surface area contributed by atoms with Crippen molar-refractivity contribution >= 4 is 5.91 Å². The molecule has 0 aliphatic carbocycles. The highest BCUT2D eigenvalue weighted by atomic mass is 16.3. The summed E-state index contributed by atoms with van der Waals surface area (Å²) in [4.78, 5) is 14.7. The highest BCUT2D eigenvalue weighted by Crippen LogP contribution is 2.27. The monoisotopic (exact) mass is 296 g/mol. The maximum absolute atomic E-state index is 12.7. The van der Waals surface area contributed by atoms with Gasteiger partial charge in [0, 0.05) is 18.7 Å². The Morgan fingerprint density at radius 1 is 1.09 bits per heavy atom. The first kappa shape index (κ1) is 13.6. The summed E-state index contributed by atoms with van der Waals surface area (Å²) < 4.78 is 5.55. The number of amides is 1. The lowest BCUT2D eigenvalue weighted by molar-refractivity contribution is 0.0508. The summed E-state index contributed by atoms with van der Waals surface area (Å²) in [6.07, 6.45) is 2.92. The van der Waals surface area contributed by atoms with Crippen molar-refractivity contribution in [3.8, 4) is 11.1 Å². The van der Waals surface area contributed by atoms with Crippen molar-refractivity contribution in [2.45, 2.75) is 6.42 Å². The number of hydrogen-bond acceptors (Lipinski definition) is 3. The van der Waals surface area contributed by atoms with Gasteiger partial charge in [0.2, 0.25) is 0 Å². The number of nitrogens with zero attached hydrogens (tertiary/aromatic N) is 1. The number of furan rings is 1. The second kappa shape index (κ2) is 5.61. The predicted molar refractivity (Wildman–Crippen MR) is 84.5 cm³/mol. The number of hydrogen-bond donors (Lipinski definition) is 1. The summed E-state index contributed by atoms with van der Waals surface area (Å²) in [5.74, 6) is 1.64. The van der Waals surface area contributed by atoms with Crippen LogP contribution in [0.5, 0.6) is 0 Å². The van der Waals surface area contributed by atoms with Crippen molar-refractivity contribution in [3.63, 3.8) is 0 Å². The molecule has 2 aromatic rings. The molecule has 0 saturated carbocycles. The van der Waals surface area contributed by atoms with Gasteiger partial charge in [0.15, 0.2) is 5.76 Å². The second-order valence-electron chi connectivity index (χ2n) is 6.40. The van der Waals surface area contributed by atoms with Gasteiger partial charge in [0.25, 0.3) is 5.91 Å². The average Bonchev–Trinajstić information content (AvgIpc) is 3.04. The van der Waals surface area contributed by atoms with E-state index in [1.807, 2.05) is 41.3 Å². The standard InChI is InChI=1S/C18H20N2O2/c21-18(20-10-13-6-14(11-20)9-19-8-13)17-7-16(12-22-17)15-4-2-1-3-5-15/h1-5,7,12-14,19H,6,8-11H2. The summed E-state index contributed by atoms with van der Waals surface area (Å²) >= 11 is 0. The van der Waals surface area contributed by atoms with E-state index in [4.69, 9.17) is 4.42 Å². The Labute approximate surface area is 130 Å². The van der Waals surface area contributed by atoms with Gasteiger partial charge in [-0.1, -0.05) is 30.3 Å². The van der Waals surface area contributed by atoms with Crippen molar-refractivity contribution in [2.75, 3.05) is 26.2 Å². The van der Waals surface area contributed by atoms with Crippen LogP contribution in [0.4, 0.5) is 0 Å². The van der Waals surface area contributed by atoms with E-state index in [0.29, 0.717) is 17.6 Å². The number of benzene rings is 1. The largest absolute Gasteiger partial charge is 0.459 e. The Hall–Kier alpha value is -2.07. The van der Waals surface area contributed by atoms with E-state index in [0.717, 1.165) is 37.3 Å². The number of carbonyl (C=O) groups is 1. The quantitative estimate of drug-likeness (QED) is 0.926. The van der Waals surface area contributed by atoms with Gasteiger partial charge in [-0.3, -0.25) is 4.79 Å². The van der Waals surface area contributed by atoms with Crippen molar-refractivity contribution < 1.29 is 9.21 Å². The molecule has 0 spiro atoms. The van der Waals surface area contributed by atoms with Crippen molar-refractivity contribution in [3.05, 3.63) is 48.4 Å². The molecule has 114 valence electrons. The summed E-state index contributed by atoms with van der Waals surface area (Å²) in [6, 6.07) is 11.9. The van der Waals surface area contributed by atoms with Crippen molar-refractivity contribution in [1.29, 1.82) is 0 Å². The van der Waals surface area contributed by atoms with Crippen LogP contribution >= 0.6 is 0 Å². The Kier molecular flexibility index (Phi) is 3.47. The molecule has 1 aromatic carbocycles. The minimum atomic E-state index is 0.0266. The van der Waals surface area contributed by atoms with E-state index in [1.54, 1.807) is 6.26 Å². The van der Waals surface area contributed by atoms with Crippen LogP contribution in [0, 0.1) is 11.8 Å². The van der Waals surface area contributed by atoms with Gasteiger partial charge in [-0.2, -0.15) is 0 Å². The third-order valence-corrected chi connectivity index (χ3v) is 4.69. The zero-order valence-electron chi connectivity index (χ0n) is 12.5. The van der Waals surface area contributed by atoms with E-state index < -0.39 is 0 Å². The number of piperidine rings is 2. The van der Waals surface area contributed by atoms with Gasteiger partial charge in [-0.25, -0.2) is 0 Å². The predicted octanol–water partition coefficient (Wildman–Crippen LogP) is 2.63. The smallest absolute Gasteiger partial charge is 0.289 e. The molecule has 2 atom stereocenters. The first-order valence-electron chi connectivity index (χ1n) is 7.93. The molecule has 2 aliphatic heterocycles. The minimum absolute atomic E-state index is 0.0266. The molecular weight excluding hydrogens is 276 g/mol. The Balaban J connectivity index is 1.52. The molecule has 2 unspecified atom stereocenters. The average molecular weight is 296 g/mol. The van der Waals surface area contributed by atoms with Crippen LogP contribution in [-0.4, -0.2) is 37.0 Å². The van der Waals surface area contributed by atoms with Gasteiger partial charge >= 0.3 is 0 Å². The first-order chi connectivity index (χ1) is 10.8. The van der Waals surface area contributed by atoms with Crippen LogP contribution < -0.4 is 5.32 Å². The molecule has 1 N–H and O–H groups in total. The fourth-order valence-electron chi connectivity index (χ4n) is 3.66. The van der Waals surface area contributed by atoms with Crippen LogP contribution in [0.15, 0.2) is 47.1 Å². The summed E-state index contributed by atoms with van der Waals surface area (Å²) in [7, 11) is 0. The lowest BCUT2D eigenvalue weighted by Crippen LogP contribution is -2.52. The van der Waals surface area contributed by atoms with E-state index in [-0.39, 0.29) is 5.91 Å². The fourth-order valence-corrected chi connectivity index (χ4v) is 3.66. The summed E-state index contributed by atoms with van der Waals surface area (Å²) in [6.45, 7) is 3.72. The molecule has 2 aliphatic rings. The Morgan fingerprint density at radius 3 is 2.55 bits per heavy atom. The number of carbonyl (C=O) groups excluding carboxylic acids is 1. The van der Waals surface area contributed by atoms with E-state index in [2.05, 4.69) is 5.32 Å². The molecule has 2 bridgehead atoms. The molecule has 0 radical (unpaired) electrons. The molecule has 3 heterocycles. The van der Waals surface area contributed by atoms with Gasteiger partial charge in [0.1, 0.15) is 0 Å². The third kappa shape index (κ3) is 2.55. The first-order valence-corrected chi connectivity index (χ1v) is 7.93. The number of fused-ring (bicyclic) bond motifs is 2. The fraction of sp³-hybridized carbons (Fsp3) is 0.389. The maximum Gasteiger partial charge on any atom is 0.289 e. The van der Waals surface area contributed by atoms with Gasteiger partial charge < -0.3 is 14.6 Å². The van der Waals surface area contributed by atoms with Crippen LogP contribution in [0.25, 0.3) is 11.1 Å². The normalized spacial score (nSPS) is 24.3. The summed E-state index contributed by atoms with van der Waals surface area (Å²) in [5, 5.41) is 3.45. The molecule has 4 rings (SSSR count). The number of nitrogens with one attached hydrogen (secondary N) is 1. The lowest BCUT2D eigenvalue weighted by atomic mass is 9.86. The highest BCUT2D eigenvalue weighted by Gasteiger charge is 2.33. The number of rotatable bonds is 2. The zero-order valence-corrected chi connectivity index (χ0v) is 12.5. The SMILES string of the molecule is O=C(c1cc(-c2ccccc2)co1)N1CC2CNCC(C2)C1.